The lowest BCUT2D eigenvalue weighted by atomic mass is 10.1. The third-order valence-electron chi connectivity index (χ3n) is 2.95. The van der Waals surface area contributed by atoms with Crippen LogP contribution >= 0.6 is 24.0 Å². The number of halogens is 1. The molecular formula is C16H35IN4O3. The Hall–Kier alpha value is -0.770. The number of methoxy groups -OCH3 is 1. The first-order valence-corrected chi connectivity index (χ1v) is 8.07. The number of ether oxygens (including phenoxy) is 2. The van der Waals surface area contributed by atoms with Crippen LogP contribution in [0.15, 0.2) is 4.99 Å². The molecular weight excluding hydrogens is 423 g/mol. The predicted octanol–water partition coefficient (Wildman–Crippen LogP) is 2.31. The van der Waals surface area contributed by atoms with E-state index in [9.17, 15) is 4.79 Å². The maximum atomic E-state index is 11.9. The number of nitrogens with zero attached hydrogens (tertiary/aromatic N) is 2. The fourth-order valence-corrected chi connectivity index (χ4v) is 1.86. The zero-order valence-corrected chi connectivity index (χ0v) is 18.5. The molecule has 0 saturated carbocycles. The summed E-state index contributed by atoms with van der Waals surface area (Å²) in [5.74, 6) is 1.03. The van der Waals surface area contributed by atoms with Gasteiger partial charge in [-0.05, 0) is 33.1 Å². The molecule has 0 aromatic heterocycles. The van der Waals surface area contributed by atoms with Crippen molar-refractivity contribution < 1.29 is 14.3 Å². The Morgan fingerprint density at radius 2 is 1.92 bits per heavy atom. The van der Waals surface area contributed by atoms with Gasteiger partial charge in [0.05, 0.1) is 0 Å². The van der Waals surface area contributed by atoms with Gasteiger partial charge in [0.25, 0.3) is 0 Å². The Kier molecular flexibility index (Phi) is 14.3. The van der Waals surface area contributed by atoms with E-state index in [1.807, 2.05) is 20.8 Å². The minimum atomic E-state index is -0.471. The van der Waals surface area contributed by atoms with E-state index in [4.69, 9.17) is 9.47 Å². The number of amides is 1. The van der Waals surface area contributed by atoms with Crippen molar-refractivity contribution in [3.05, 3.63) is 0 Å². The third kappa shape index (κ3) is 13.6. The van der Waals surface area contributed by atoms with Crippen LogP contribution in [0.1, 0.15) is 34.1 Å². The second-order valence-corrected chi connectivity index (χ2v) is 6.69. The van der Waals surface area contributed by atoms with Gasteiger partial charge in [-0.1, -0.05) is 6.92 Å². The van der Waals surface area contributed by atoms with Crippen molar-refractivity contribution in [1.29, 1.82) is 0 Å². The Morgan fingerprint density at radius 1 is 1.29 bits per heavy atom. The minimum absolute atomic E-state index is 0. The summed E-state index contributed by atoms with van der Waals surface area (Å²) in [6.45, 7) is 10.5. The molecule has 0 fully saturated rings. The first-order valence-electron chi connectivity index (χ1n) is 8.07. The highest BCUT2D eigenvalue weighted by Gasteiger charge is 2.20. The van der Waals surface area contributed by atoms with Gasteiger partial charge in [-0.3, -0.25) is 4.99 Å². The number of hydrogen-bond acceptors (Lipinski definition) is 4. The van der Waals surface area contributed by atoms with Gasteiger partial charge < -0.3 is 25.0 Å². The summed E-state index contributed by atoms with van der Waals surface area (Å²) in [6, 6.07) is 0. The molecule has 0 aromatic rings. The van der Waals surface area contributed by atoms with Crippen LogP contribution in [0.3, 0.4) is 0 Å². The maximum absolute atomic E-state index is 11.9. The molecule has 0 saturated heterocycles. The Bertz CT molecular complexity index is 373. The fraction of sp³-hybridized carbons (Fsp3) is 0.875. The Morgan fingerprint density at radius 3 is 2.42 bits per heavy atom. The van der Waals surface area contributed by atoms with E-state index < -0.39 is 5.60 Å². The highest BCUT2D eigenvalue weighted by molar-refractivity contribution is 14.0. The lowest BCUT2D eigenvalue weighted by Gasteiger charge is -2.26. The monoisotopic (exact) mass is 458 g/mol. The maximum Gasteiger partial charge on any atom is 0.410 e. The van der Waals surface area contributed by atoms with E-state index in [2.05, 4.69) is 22.5 Å². The van der Waals surface area contributed by atoms with Crippen LogP contribution in [0.5, 0.6) is 0 Å². The zero-order valence-electron chi connectivity index (χ0n) is 16.1. The number of aliphatic imine (C=N–C) groups is 1. The average Bonchev–Trinajstić information content (AvgIpc) is 2.44. The normalized spacial score (nSPS) is 12.9. The second-order valence-electron chi connectivity index (χ2n) is 6.69. The van der Waals surface area contributed by atoms with Crippen LogP contribution in [-0.4, -0.2) is 70.0 Å². The first-order chi connectivity index (χ1) is 10.7. The van der Waals surface area contributed by atoms with Gasteiger partial charge in [0, 0.05) is 47.4 Å². The summed E-state index contributed by atoms with van der Waals surface area (Å²) in [5.41, 5.74) is -0.471. The molecule has 1 amide bonds. The Balaban J connectivity index is 0. The van der Waals surface area contributed by atoms with Gasteiger partial charge in [0.1, 0.15) is 5.60 Å². The van der Waals surface area contributed by atoms with E-state index >= 15 is 0 Å². The molecule has 1 unspecified atom stereocenters. The van der Waals surface area contributed by atoms with Crippen molar-refractivity contribution in [3.63, 3.8) is 0 Å². The largest absolute Gasteiger partial charge is 0.444 e. The van der Waals surface area contributed by atoms with Crippen molar-refractivity contribution >= 4 is 36.0 Å². The van der Waals surface area contributed by atoms with Gasteiger partial charge >= 0.3 is 6.09 Å². The molecule has 7 nitrogen and oxygen atoms in total. The molecule has 0 spiro atoms. The van der Waals surface area contributed by atoms with Crippen LogP contribution in [0, 0.1) is 5.92 Å². The van der Waals surface area contributed by atoms with E-state index in [0.717, 1.165) is 32.1 Å². The molecule has 0 rings (SSSR count). The van der Waals surface area contributed by atoms with Gasteiger partial charge in [0.2, 0.25) is 0 Å². The smallest absolute Gasteiger partial charge is 0.410 e. The standard InChI is InChI=1S/C16H34N4O3.HI/c1-13(12-20(6)15(21)23-16(2,3)4)11-19-14(17-5)18-9-8-10-22-7;/h13H,8-12H2,1-7H3,(H2,17,18,19);1H. The average molecular weight is 458 g/mol. The van der Waals surface area contributed by atoms with Crippen molar-refractivity contribution in [3.8, 4) is 0 Å². The SMILES string of the molecule is CN=C(NCCCOC)NCC(C)CN(C)C(=O)OC(C)(C)C.I. The minimum Gasteiger partial charge on any atom is -0.444 e. The summed E-state index contributed by atoms with van der Waals surface area (Å²) in [5, 5.41) is 6.48. The van der Waals surface area contributed by atoms with Crippen molar-refractivity contribution in [2.24, 2.45) is 10.9 Å². The summed E-state index contributed by atoms with van der Waals surface area (Å²) < 4.78 is 10.3. The molecule has 1 atom stereocenters. The van der Waals surface area contributed by atoms with E-state index in [0.29, 0.717) is 6.54 Å². The molecule has 0 heterocycles. The summed E-state index contributed by atoms with van der Waals surface area (Å²) in [7, 11) is 5.18. The van der Waals surface area contributed by atoms with E-state index in [-0.39, 0.29) is 36.0 Å². The molecule has 0 aliphatic heterocycles. The number of guanidine groups is 1. The third-order valence-corrected chi connectivity index (χ3v) is 2.95. The molecule has 0 aliphatic rings. The van der Waals surface area contributed by atoms with Crippen molar-refractivity contribution in [2.45, 2.75) is 39.7 Å². The van der Waals surface area contributed by atoms with Crippen LogP contribution in [0.2, 0.25) is 0 Å². The van der Waals surface area contributed by atoms with E-state index in [1.54, 1.807) is 26.1 Å². The summed E-state index contributed by atoms with van der Waals surface area (Å²) in [6.07, 6.45) is 0.625. The molecule has 144 valence electrons. The van der Waals surface area contributed by atoms with Crippen LogP contribution < -0.4 is 10.6 Å². The number of hydrogen-bond donors (Lipinski definition) is 2. The Labute approximate surface area is 164 Å². The molecule has 0 aliphatic carbocycles. The van der Waals surface area contributed by atoms with Crippen LogP contribution in [0.25, 0.3) is 0 Å². The van der Waals surface area contributed by atoms with Crippen LogP contribution in [-0.2, 0) is 9.47 Å². The molecule has 0 aromatic carbocycles. The molecule has 24 heavy (non-hydrogen) atoms. The lowest BCUT2D eigenvalue weighted by Crippen LogP contribution is -2.43. The highest BCUT2D eigenvalue weighted by atomic mass is 127. The molecule has 2 N–H and O–H groups in total. The predicted molar refractivity (Wildman–Crippen MR) is 109 cm³/mol. The molecule has 0 radical (unpaired) electrons. The quantitative estimate of drug-likeness (QED) is 0.253. The number of carbonyl (C=O) groups is 1. The number of rotatable bonds is 8. The topological polar surface area (TPSA) is 75.2 Å². The highest BCUT2D eigenvalue weighted by Crippen LogP contribution is 2.10. The lowest BCUT2D eigenvalue weighted by molar-refractivity contribution is 0.0278. The zero-order chi connectivity index (χ0) is 17.9. The first kappa shape index (κ1) is 25.5. The second kappa shape index (κ2) is 13.5. The summed E-state index contributed by atoms with van der Waals surface area (Å²) >= 11 is 0. The summed E-state index contributed by atoms with van der Waals surface area (Å²) in [4.78, 5) is 17.7. The number of carbonyl (C=O) groups excluding carboxylic acids is 1. The van der Waals surface area contributed by atoms with Gasteiger partial charge in [0.15, 0.2) is 5.96 Å². The van der Waals surface area contributed by atoms with Crippen LogP contribution in [0.4, 0.5) is 4.79 Å². The number of nitrogens with one attached hydrogen (secondary N) is 2. The van der Waals surface area contributed by atoms with Gasteiger partial charge in [-0.25, -0.2) is 4.79 Å². The van der Waals surface area contributed by atoms with Gasteiger partial charge in [-0.15, -0.1) is 24.0 Å². The van der Waals surface area contributed by atoms with E-state index in [1.165, 1.54) is 0 Å². The molecule has 8 heteroatoms. The van der Waals surface area contributed by atoms with Crippen molar-refractivity contribution in [1.82, 2.24) is 15.5 Å². The van der Waals surface area contributed by atoms with Crippen molar-refractivity contribution in [2.75, 3.05) is 47.4 Å². The molecule has 0 bridgehead atoms. The van der Waals surface area contributed by atoms with Gasteiger partial charge in [-0.2, -0.15) is 0 Å². The fourth-order valence-electron chi connectivity index (χ4n) is 1.86.